The minimum atomic E-state index is -0.493. The second-order valence-electron chi connectivity index (χ2n) is 4.33. The highest BCUT2D eigenvalue weighted by Crippen LogP contribution is 2.13. The van der Waals surface area contributed by atoms with Gasteiger partial charge in [0.15, 0.2) is 0 Å². The van der Waals surface area contributed by atoms with Crippen molar-refractivity contribution in [3.8, 4) is 0 Å². The van der Waals surface area contributed by atoms with E-state index in [0.717, 1.165) is 18.2 Å². The van der Waals surface area contributed by atoms with Crippen molar-refractivity contribution in [1.82, 2.24) is 0 Å². The number of hydrogen-bond donors (Lipinski definition) is 2. The molecule has 0 aliphatic heterocycles. The van der Waals surface area contributed by atoms with Crippen LogP contribution in [-0.4, -0.2) is 17.6 Å². The first-order valence-corrected chi connectivity index (χ1v) is 6.29. The predicted molar refractivity (Wildman–Crippen MR) is 74.8 cm³/mol. The lowest BCUT2D eigenvalue weighted by Gasteiger charge is -2.07. The largest absolute Gasteiger partial charge is 0.430 e. The topological polar surface area (TPSA) is 79.5 Å². The fourth-order valence-electron chi connectivity index (χ4n) is 1.78. The van der Waals surface area contributed by atoms with Crippen LogP contribution in [0.3, 0.4) is 0 Å². The summed E-state index contributed by atoms with van der Waals surface area (Å²) in [6, 6.07) is 10.0. The zero-order chi connectivity index (χ0) is 14.4. The maximum absolute atomic E-state index is 11.9. The summed E-state index contributed by atoms with van der Waals surface area (Å²) in [6.45, 7) is 0.139. The average Bonchev–Trinajstić information content (AvgIpc) is 2.46. The quantitative estimate of drug-likeness (QED) is 0.870. The number of aliphatic hydroxyl groups is 1. The van der Waals surface area contributed by atoms with E-state index in [0.29, 0.717) is 12.1 Å². The highest BCUT2D eigenvalue weighted by atomic mass is 16.4. The van der Waals surface area contributed by atoms with Crippen molar-refractivity contribution in [3.63, 3.8) is 0 Å². The Morgan fingerprint density at radius 1 is 1.25 bits per heavy atom. The molecule has 2 aromatic rings. The van der Waals surface area contributed by atoms with Crippen LogP contribution in [0, 0.1) is 0 Å². The van der Waals surface area contributed by atoms with E-state index >= 15 is 0 Å². The minimum Gasteiger partial charge on any atom is -0.430 e. The van der Waals surface area contributed by atoms with Crippen LogP contribution < -0.4 is 10.9 Å². The van der Waals surface area contributed by atoms with Gasteiger partial charge in [-0.15, -0.1) is 0 Å². The third-order valence-corrected chi connectivity index (χ3v) is 2.77. The van der Waals surface area contributed by atoms with E-state index in [1.54, 1.807) is 6.07 Å². The maximum atomic E-state index is 11.9. The molecule has 20 heavy (non-hydrogen) atoms. The van der Waals surface area contributed by atoms with Gasteiger partial charge in [0.05, 0.1) is 5.56 Å². The Balaban J connectivity index is 2.07. The molecule has 104 valence electrons. The Morgan fingerprint density at radius 3 is 2.80 bits per heavy atom. The number of benzene rings is 1. The smallest absolute Gasteiger partial charge is 0.335 e. The third-order valence-electron chi connectivity index (χ3n) is 2.77. The van der Waals surface area contributed by atoms with Gasteiger partial charge in [-0.2, -0.15) is 0 Å². The number of rotatable bonds is 5. The van der Waals surface area contributed by atoms with Gasteiger partial charge in [0.2, 0.25) is 0 Å². The van der Waals surface area contributed by atoms with E-state index in [4.69, 9.17) is 5.11 Å². The van der Waals surface area contributed by atoms with Crippen LogP contribution in [0.4, 0.5) is 5.69 Å². The number of anilines is 1. The molecule has 1 aromatic carbocycles. The van der Waals surface area contributed by atoms with Gasteiger partial charge in [0, 0.05) is 18.4 Å². The van der Waals surface area contributed by atoms with E-state index in [2.05, 4.69) is 9.73 Å². The molecule has 1 heterocycles. The molecule has 0 fully saturated rings. The number of nitrogens with one attached hydrogen (secondary N) is 1. The molecule has 0 aliphatic rings. The molecular weight excluding hydrogens is 258 g/mol. The molecule has 5 nitrogen and oxygen atoms in total. The van der Waals surface area contributed by atoms with Crippen molar-refractivity contribution < 1.29 is 14.3 Å². The van der Waals surface area contributed by atoms with Crippen LogP contribution in [0.2, 0.25) is 0 Å². The molecule has 0 saturated carbocycles. The van der Waals surface area contributed by atoms with E-state index in [1.165, 1.54) is 12.1 Å². The lowest BCUT2D eigenvalue weighted by Crippen LogP contribution is -2.13. The van der Waals surface area contributed by atoms with Gasteiger partial charge in [-0.05, 0) is 36.6 Å². The summed E-state index contributed by atoms with van der Waals surface area (Å²) in [7, 11) is 0. The first-order chi connectivity index (χ1) is 9.69. The average molecular weight is 273 g/mol. The fraction of sp³-hybridized carbons (Fsp3) is 0.200. The normalized spacial score (nSPS) is 10.2. The van der Waals surface area contributed by atoms with Gasteiger partial charge < -0.3 is 14.8 Å². The summed E-state index contributed by atoms with van der Waals surface area (Å²) in [6.07, 6.45) is 2.56. The van der Waals surface area contributed by atoms with Gasteiger partial charge in [-0.25, -0.2) is 4.79 Å². The molecule has 0 radical (unpaired) electrons. The first kappa shape index (κ1) is 14.0. The van der Waals surface area contributed by atoms with Crippen molar-refractivity contribution >= 4 is 11.6 Å². The van der Waals surface area contributed by atoms with Crippen LogP contribution in [0.25, 0.3) is 0 Å². The number of carbonyl (C=O) groups is 1. The lowest BCUT2D eigenvalue weighted by atomic mass is 10.1. The standard InChI is InChI=1S/C15H15NO4/c17-8-2-4-11-3-1-5-13(9-11)16-15(19)12-6-7-14(18)20-10-12/h1,3,5-7,9-10,17H,2,4,8H2,(H,16,19). The van der Waals surface area contributed by atoms with Crippen LogP contribution in [0.5, 0.6) is 0 Å². The number of hydrogen-bond acceptors (Lipinski definition) is 4. The zero-order valence-electron chi connectivity index (χ0n) is 10.8. The van der Waals surface area contributed by atoms with E-state index in [1.807, 2.05) is 18.2 Å². The second-order valence-corrected chi connectivity index (χ2v) is 4.33. The van der Waals surface area contributed by atoms with Crippen LogP contribution in [-0.2, 0) is 6.42 Å². The Labute approximate surface area is 115 Å². The molecular formula is C15H15NO4. The van der Waals surface area contributed by atoms with Crippen LogP contribution >= 0.6 is 0 Å². The van der Waals surface area contributed by atoms with Crippen molar-refractivity contribution in [2.45, 2.75) is 12.8 Å². The molecule has 1 aromatic heterocycles. The van der Waals surface area contributed by atoms with Gasteiger partial charge in [0.1, 0.15) is 6.26 Å². The summed E-state index contributed by atoms with van der Waals surface area (Å²) in [5.74, 6) is -0.340. The van der Waals surface area contributed by atoms with Crippen molar-refractivity contribution in [2.24, 2.45) is 0 Å². The number of amides is 1. The molecule has 5 heteroatoms. The molecule has 0 atom stereocenters. The molecule has 2 rings (SSSR count). The molecule has 2 N–H and O–H groups in total. The number of carbonyl (C=O) groups excluding carboxylic acids is 1. The highest BCUT2D eigenvalue weighted by molar-refractivity contribution is 6.03. The molecule has 0 bridgehead atoms. The van der Waals surface area contributed by atoms with Gasteiger partial charge in [0.25, 0.3) is 5.91 Å². The molecule has 0 aliphatic carbocycles. The van der Waals surface area contributed by atoms with Crippen molar-refractivity contribution in [3.05, 3.63) is 64.2 Å². The van der Waals surface area contributed by atoms with Crippen molar-refractivity contribution in [1.29, 1.82) is 0 Å². The monoisotopic (exact) mass is 273 g/mol. The summed E-state index contributed by atoms with van der Waals surface area (Å²) in [5, 5.41) is 11.5. The van der Waals surface area contributed by atoms with Crippen LogP contribution in [0.15, 0.2) is 51.9 Å². The van der Waals surface area contributed by atoms with Gasteiger partial charge >= 0.3 is 5.63 Å². The SMILES string of the molecule is O=C(Nc1cccc(CCCO)c1)c1ccc(=O)oc1. The Kier molecular flexibility index (Phi) is 4.68. The Morgan fingerprint density at radius 2 is 2.10 bits per heavy atom. The van der Waals surface area contributed by atoms with Gasteiger partial charge in [-0.1, -0.05) is 12.1 Å². The van der Waals surface area contributed by atoms with Crippen molar-refractivity contribution in [2.75, 3.05) is 11.9 Å². The Hall–Kier alpha value is -2.40. The molecule has 0 saturated heterocycles. The third kappa shape index (κ3) is 3.80. The van der Waals surface area contributed by atoms with E-state index < -0.39 is 5.63 Å². The van der Waals surface area contributed by atoms with E-state index in [-0.39, 0.29) is 18.1 Å². The summed E-state index contributed by atoms with van der Waals surface area (Å²) in [4.78, 5) is 22.8. The summed E-state index contributed by atoms with van der Waals surface area (Å²) < 4.78 is 4.65. The minimum absolute atomic E-state index is 0.139. The second kappa shape index (κ2) is 6.68. The van der Waals surface area contributed by atoms with E-state index in [9.17, 15) is 9.59 Å². The predicted octanol–water partition coefficient (Wildman–Crippen LogP) is 1.82. The number of aryl methyl sites for hydroxylation is 1. The Bertz CT molecular complexity index is 628. The van der Waals surface area contributed by atoms with Crippen LogP contribution in [0.1, 0.15) is 22.3 Å². The molecule has 1 amide bonds. The first-order valence-electron chi connectivity index (χ1n) is 6.29. The zero-order valence-corrected chi connectivity index (χ0v) is 10.8. The number of aliphatic hydroxyl groups excluding tert-OH is 1. The molecule has 0 spiro atoms. The van der Waals surface area contributed by atoms with Gasteiger partial charge in [-0.3, -0.25) is 4.79 Å². The highest BCUT2D eigenvalue weighted by Gasteiger charge is 2.07. The fourth-order valence-corrected chi connectivity index (χ4v) is 1.78. The maximum Gasteiger partial charge on any atom is 0.335 e. The molecule has 0 unspecified atom stereocenters. The summed E-state index contributed by atoms with van der Waals surface area (Å²) >= 11 is 0. The lowest BCUT2D eigenvalue weighted by molar-refractivity contribution is 0.102. The summed E-state index contributed by atoms with van der Waals surface area (Å²) in [5.41, 5.74) is 1.49.